The fourth-order valence-corrected chi connectivity index (χ4v) is 4.42. The van der Waals surface area contributed by atoms with Gasteiger partial charge in [0.2, 0.25) is 0 Å². The number of carbonyl (C=O) groups is 1. The number of carbonyl (C=O) groups excluding carboxylic acids is 1. The summed E-state index contributed by atoms with van der Waals surface area (Å²) in [5, 5.41) is 1.77. The maximum atomic E-state index is 12.9. The molecule has 0 aliphatic heterocycles. The predicted octanol–water partition coefficient (Wildman–Crippen LogP) is 3.27. The fraction of sp³-hybridized carbons (Fsp3) is 0.118. The molecule has 3 rings (SSSR count). The van der Waals surface area contributed by atoms with E-state index in [1.807, 2.05) is 0 Å². The number of fused-ring (bicyclic) bond motifs is 1. The summed E-state index contributed by atoms with van der Waals surface area (Å²) in [6.07, 6.45) is 1.48. The smallest absolute Gasteiger partial charge is 0.274 e. The van der Waals surface area contributed by atoms with Gasteiger partial charge < -0.3 is 0 Å². The molecule has 6 nitrogen and oxygen atoms in total. The third kappa shape index (κ3) is 3.08. The van der Waals surface area contributed by atoms with Gasteiger partial charge in [-0.3, -0.25) is 9.63 Å². The van der Waals surface area contributed by atoms with Gasteiger partial charge in [-0.25, -0.2) is 17.5 Å². The molecular weight excluding hydrogens is 408 g/mol. The van der Waals surface area contributed by atoms with E-state index >= 15 is 0 Å². The summed E-state index contributed by atoms with van der Waals surface area (Å²) >= 11 is 3.40. The molecule has 0 bridgehead atoms. The summed E-state index contributed by atoms with van der Waals surface area (Å²) in [5.41, 5.74) is 0.720. The van der Waals surface area contributed by atoms with Crippen molar-refractivity contribution in [2.24, 2.45) is 0 Å². The second-order valence-corrected chi connectivity index (χ2v) is 7.97. The van der Waals surface area contributed by atoms with E-state index in [1.54, 1.807) is 36.4 Å². The number of benzene rings is 2. The first kappa shape index (κ1) is 17.7. The van der Waals surface area contributed by atoms with Crippen molar-refractivity contribution < 1.29 is 18.0 Å². The highest BCUT2D eigenvalue weighted by atomic mass is 79.9. The molecule has 0 spiro atoms. The lowest BCUT2D eigenvalue weighted by Crippen LogP contribution is -2.25. The van der Waals surface area contributed by atoms with Crippen molar-refractivity contribution in [2.75, 3.05) is 14.2 Å². The van der Waals surface area contributed by atoms with Crippen molar-refractivity contribution in [3.8, 4) is 0 Å². The molecule has 0 atom stereocenters. The van der Waals surface area contributed by atoms with E-state index in [0.717, 1.165) is 5.06 Å². The van der Waals surface area contributed by atoms with Gasteiger partial charge in [0.1, 0.15) is 0 Å². The van der Waals surface area contributed by atoms with Crippen LogP contribution in [0.1, 0.15) is 10.4 Å². The second kappa shape index (κ2) is 6.62. The Morgan fingerprint density at radius 2 is 1.84 bits per heavy atom. The van der Waals surface area contributed by atoms with Crippen LogP contribution < -0.4 is 0 Å². The van der Waals surface area contributed by atoms with Crippen molar-refractivity contribution in [1.82, 2.24) is 9.04 Å². The minimum atomic E-state index is -3.77. The van der Waals surface area contributed by atoms with Crippen molar-refractivity contribution in [3.05, 3.63) is 64.8 Å². The number of amides is 1. The molecule has 25 heavy (non-hydrogen) atoms. The van der Waals surface area contributed by atoms with Gasteiger partial charge in [-0.1, -0.05) is 34.1 Å². The molecule has 2 aromatic carbocycles. The second-order valence-electron chi connectivity index (χ2n) is 5.31. The first-order chi connectivity index (χ1) is 11.9. The maximum absolute atomic E-state index is 12.9. The predicted molar refractivity (Wildman–Crippen MR) is 97.8 cm³/mol. The zero-order valence-corrected chi connectivity index (χ0v) is 15.9. The Labute approximate surface area is 153 Å². The molecule has 0 aliphatic rings. The van der Waals surface area contributed by atoms with Crippen LogP contribution >= 0.6 is 15.9 Å². The molecule has 3 aromatic rings. The fourth-order valence-electron chi connectivity index (χ4n) is 2.48. The topological polar surface area (TPSA) is 68.6 Å². The SMILES string of the molecule is CON(C)C(=O)c1cc(Br)c2ccn(S(=O)(=O)c3ccccc3)c2c1. The average Bonchev–Trinajstić information content (AvgIpc) is 3.06. The van der Waals surface area contributed by atoms with E-state index in [1.165, 1.54) is 36.5 Å². The molecule has 0 radical (unpaired) electrons. The number of hydrogen-bond donors (Lipinski definition) is 0. The molecule has 130 valence electrons. The average molecular weight is 423 g/mol. The van der Waals surface area contributed by atoms with E-state index in [9.17, 15) is 13.2 Å². The Kier molecular flexibility index (Phi) is 4.68. The van der Waals surface area contributed by atoms with E-state index in [0.29, 0.717) is 20.9 Å². The summed E-state index contributed by atoms with van der Waals surface area (Å²) in [6.45, 7) is 0. The molecule has 1 aromatic heterocycles. The number of rotatable bonds is 4. The standard InChI is InChI=1S/C17H15BrN2O4S/c1-19(24-2)17(21)12-10-15(18)14-8-9-20(16(14)11-12)25(22,23)13-6-4-3-5-7-13/h3-11H,1-2H3. The van der Waals surface area contributed by atoms with Gasteiger partial charge in [0.05, 0.1) is 17.5 Å². The van der Waals surface area contributed by atoms with Gasteiger partial charge in [0.25, 0.3) is 15.9 Å². The van der Waals surface area contributed by atoms with Gasteiger partial charge in [0.15, 0.2) is 0 Å². The third-order valence-corrected chi connectivity index (χ3v) is 6.19. The highest BCUT2D eigenvalue weighted by Crippen LogP contribution is 2.30. The molecule has 0 saturated carbocycles. The quantitative estimate of drug-likeness (QED) is 0.604. The van der Waals surface area contributed by atoms with Crippen LogP contribution in [0.25, 0.3) is 10.9 Å². The number of aromatic nitrogens is 1. The van der Waals surface area contributed by atoms with Crippen molar-refractivity contribution in [1.29, 1.82) is 0 Å². The van der Waals surface area contributed by atoms with Crippen LogP contribution in [0.4, 0.5) is 0 Å². The minimum absolute atomic E-state index is 0.175. The van der Waals surface area contributed by atoms with Gasteiger partial charge in [-0.2, -0.15) is 0 Å². The highest BCUT2D eigenvalue weighted by molar-refractivity contribution is 9.10. The molecule has 0 saturated heterocycles. The Hall–Kier alpha value is -2.16. The lowest BCUT2D eigenvalue weighted by atomic mass is 10.1. The van der Waals surface area contributed by atoms with Crippen molar-refractivity contribution in [2.45, 2.75) is 4.90 Å². The number of halogens is 1. The van der Waals surface area contributed by atoms with Crippen LogP contribution in [0, 0.1) is 0 Å². The first-order valence-electron chi connectivity index (χ1n) is 7.29. The van der Waals surface area contributed by atoms with E-state index in [4.69, 9.17) is 4.84 Å². The molecule has 0 N–H and O–H groups in total. The number of nitrogens with zero attached hydrogens (tertiary/aromatic N) is 2. The Bertz CT molecular complexity index is 1050. The van der Waals surface area contributed by atoms with Crippen LogP contribution in [-0.4, -0.2) is 37.5 Å². The lowest BCUT2D eigenvalue weighted by Gasteiger charge is -2.14. The molecule has 1 amide bonds. The Morgan fingerprint density at radius 1 is 1.16 bits per heavy atom. The van der Waals surface area contributed by atoms with Crippen LogP contribution in [0.5, 0.6) is 0 Å². The third-order valence-electron chi connectivity index (χ3n) is 3.83. The van der Waals surface area contributed by atoms with Gasteiger partial charge in [0, 0.05) is 28.7 Å². The van der Waals surface area contributed by atoms with Gasteiger partial charge in [-0.15, -0.1) is 0 Å². The normalized spacial score (nSPS) is 11.6. The van der Waals surface area contributed by atoms with Crippen LogP contribution in [0.15, 0.2) is 64.1 Å². The summed E-state index contributed by atoms with van der Waals surface area (Å²) in [5.74, 6) is -0.380. The minimum Gasteiger partial charge on any atom is -0.274 e. The summed E-state index contributed by atoms with van der Waals surface area (Å²) < 4.78 is 27.6. The van der Waals surface area contributed by atoms with E-state index in [2.05, 4.69) is 15.9 Å². The Balaban J connectivity index is 2.21. The number of hydroxylamine groups is 2. The summed E-state index contributed by atoms with van der Waals surface area (Å²) in [6, 6.07) is 13.0. The highest BCUT2D eigenvalue weighted by Gasteiger charge is 2.21. The molecule has 8 heteroatoms. The monoisotopic (exact) mass is 422 g/mol. The van der Waals surface area contributed by atoms with Crippen LogP contribution in [0.3, 0.4) is 0 Å². The maximum Gasteiger partial charge on any atom is 0.277 e. The zero-order chi connectivity index (χ0) is 18.2. The van der Waals surface area contributed by atoms with Gasteiger partial charge >= 0.3 is 0 Å². The molecule has 0 unspecified atom stereocenters. The first-order valence-corrected chi connectivity index (χ1v) is 9.53. The van der Waals surface area contributed by atoms with Crippen LogP contribution in [0.2, 0.25) is 0 Å². The summed E-state index contributed by atoms with van der Waals surface area (Å²) in [4.78, 5) is 17.4. The van der Waals surface area contributed by atoms with Crippen LogP contribution in [-0.2, 0) is 14.9 Å². The largest absolute Gasteiger partial charge is 0.277 e. The van der Waals surface area contributed by atoms with Crippen molar-refractivity contribution in [3.63, 3.8) is 0 Å². The molecule has 1 heterocycles. The lowest BCUT2D eigenvalue weighted by molar-refractivity contribution is -0.0756. The Morgan fingerprint density at radius 3 is 2.48 bits per heavy atom. The van der Waals surface area contributed by atoms with E-state index in [-0.39, 0.29) is 10.8 Å². The molecular formula is C17H15BrN2O4S. The zero-order valence-electron chi connectivity index (χ0n) is 13.5. The van der Waals surface area contributed by atoms with E-state index < -0.39 is 10.0 Å². The summed E-state index contributed by atoms with van der Waals surface area (Å²) in [7, 11) is -0.898. The molecule has 0 fully saturated rings. The molecule has 0 aliphatic carbocycles. The van der Waals surface area contributed by atoms with Crippen molar-refractivity contribution >= 4 is 42.8 Å². The number of hydrogen-bond acceptors (Lipinski definition) is 4. The van der Waals surface area contributed by atoms with Gasteiger partial charge in [-0.05, 0) is 30.3 Å².